The van der Waals surface area contributed by atoms with Crippen molar-refractivity contribution < 1.29 is 29.6 Å². The zero-order valence-corrected chi connectivity index (χ0v) is 11.9. The first kappa shape index (κ1) is 15.0. The molecule has 3 rings (SSSR count). The van der Waals surface area contributed by atoms with Gasteiger partial charge in [-0.1, -0.05) is 6.58 Å². The van der Waals surface area contributed by atoms with E-state index in [2.05, 4.69) is 22.2 Å². The molecule has 10 heteroatoms. The lowest BCUT2D eigenvalue weighted by Gasteiger charge is -2.45. The second-order valence-electron chi connectivity index (χ2n) is 5.86. The zero-order valence-electron chi connectivity index (χ0n) is 11.9. The molecular formula is C12H20N5O5+. The van der Waals surface area contributed by atoms with E-state index in [9.17, 15) is 20.2 Å². The van der Waals surface area contributed by atoms with Crippen LogP contribution in [0.25, 0.3) is 0 Å². The first-order valence-electron chi connectivity index (χ1n) is 6.96. The van der Waals surface area contributed by atoms with Crippen molar-refractivity contribution in [3.05, 3.63) is 12.3 Å². The van der Waals surface area contributed by atoms with Crippen LogP contribution in [0.2, 0.25) is 0 Å². The van der Waals surface area contributed by atoms with Gasteiger partial charge in [-0.15, -0.1) is 10.5 Å². The zero-order chi connectivity index (χ0) is 16.1. The average molecular weight is 314 g/mol. The van der Waals surface area contributed by atoms with Gasteiger partial charge in [-0.05, 0) is 6.42 Å². The molecule has 0 aromatic carbocycles. The van der Waals surface area contributed by atoms with Crippen molar-refractivity contribution in [1.29, 1.82) is 0 Å². The SMILES string of the molecule is C=C1C[C@H]2[C@H](CNOC=O)N(O)C(N)=[N+]3CCC(O)(O)[C@]23N1. The van der Waals surface area contributed by atoms with Crippen LogP contribution >= 0.6 is 0 Å². The number of hydroxylamine groups is 3. The molecular weight excluding hydrogens is 294 g/mol. The van der Waals surface area contributed by atoms with Crippen molar-refractivity contribution in [2.75, 3.05) is 13.1 Å². The second-order valence-corrected chi connectivity index (χ2v) is 5.86. The Morgan fingerprint density at radius 3 is 3.05 bits per heavy atom. The molecule has 7 N–H and O–H groups in total. The highest BCUT2D eigenvalue weighted by atomic mass is 16.7. The van der Waals surface area contributed by atoms with Gasteiger partial charge in [-0.2, -0.15) is 0 Å². The van der Waals surface area contributed by atoms with Gasteiger partial charge in [0.15, 0.2) is 0 Å². The first-order chi connectivity index (χ1) is 10.3. The lowest BCUT2D eigenvalue weighted by Crippen LogP contribution is -2.74. The summed E-state index contributed by atoms with van der Waals surface area (Å²) in [6, 6.07) is -0.639. The molecule has 0 unspecified atom stereocenters. The lowest BCUT2D eigenvalue weighted by atomic mass is 9.80. The maximum absolute atomic E-state index is 10.5. The van der Waals surface area contributed by atoms with Crippen LogP contribution in [0.1, 0.15) is 12.8 Å². The van der Waals surface area contributed by atoms with E-state index in [0.717, 1.165) is 5.06 Å². The Morgan fingerprint density at radius 2 is 2.36 bits per heavy atom. The van der Waals surface area contributed by atoms with Crippen LogP contribution in [0.15, 0.2) is 12.3 Å². The van der Waals surface area contributed by atoms with Crippen molar-refractivity contribution >= 4 is 12.4 Å². The molecule has 3 aliphatic heterocycles. The number of nitrogens with two attached hydrogens (primary N) is 1. The van der Waals surface area contributed by atoms with Gasteiger partial charge < -0.3 is 20.4 Å². The van der Waals surface area contributed by atoms with Crippen LogP contribution in [0.3, 0.4) is 0 Å². The Bertz CT molecular complexity index is 550. The minimum atomic E-state index is -2.03. The molecule has 1 spiro atoms. The van der Waals surface area contributed by atoms with Gasteiger partial charge in [0, 0.05) is 12.1 Å². The van der Waals surface area contributed by atoms with E-state index < -0.39 is 23.4 Å². The molecule has 0 radical (unpaired) electrons. The maximum Gasteiger partial charge on any atom is 0.376 e. The fourth-order valence-corrected chi connectivity index (χ4v) is 3.91. The predicted molar refractivity (Wildman–Crippen MR) is 71.8 cm³/mol. The number of guanidine groups is 1. The first-order valence-corrected chi connectivity index (χ1v) is 6.96. The smallest absolute Gasteiger partial charge is 0.373 e. The quantitative estimate of drug-likeness (QED) is 0.105. The molecule has 122 valence electrons. The highest BCUT2D eigenvalue weighted by molar-refractivity contribution is 5.73. The van der Waals surface area contributed by atoms with Gasteiger partial charge in [0.25, 0.3) is 0 Å². The van der Waals surface area contributed by atoms with E-state index in [1.165, 1.54) is 0 Å². The summed E-state index contributed by atoms with van der Waals surface area (Å²) in [6.45, 7) is 4.42. The molecule has 0 aromatic rings. The fraction of sp³-hybridized carbons (Fsp3) is 0.667. The number of hydrogen-bond acceptors (Lipinski definition) is 9. The topological polar surface area (TPSA) is 143 Å². The van der Waals surface area contributed by atoms with Crippen molar-refractivity contribution in [2.24, 2.45) is 11.7 Å². The summed E-state index contributed by atoms with van der Waals surface area (Å²) in [6.07, 6.45) is 0.487. The van der Waals surface area contributed by atoms with Crippen molar-refractivity contribution in [3.63, 3.8) is 0 Å². The minimum Gasteiger partial charge on any atom is -0.373 e. The molecule has 0 bridgehead atoms. The van der Waals surface area contributed by atoms with Crippen molar-refractivity contribution in [2.45, 2.75) is 30.3 Å². The lowest BCUT2D eigenvalue weighted by molar-refractivity contribution is -0.639. The molecule has 3 atom stereocenters. The van der Waals surface area contributed by atoms with Crippen LogP contribution in [0.5, 0.6) is 0 Å². The summed E-state index contributed by atoms with van der Waals surface area (Å²) in [7, 11) is 0. The van der Waals surface area contributed by atoms with E-state index in [1.807, 2.05) is 0 Å². The summed E-state index contributed by atoms with van der Waals surface area (Å²) in [5.41, 5.74) is 7.73. The van der Waals surface area contributed by atoms with Crippen LogP contribution in [0, 0.1) is 5.92 Å². The molecule has 3 aliphatic rings. The number of rotatable bonds is 4. The third-order valence-corrected chi connectivity index (χ3v) is 4.80. The number of carbonyl (C=O) groups is 1. The van der Waals surface area contributed by atoms with Gasteiger partial charge >= 0.3 is 12.4 Å². The summed E-state index contributed by atoms with van der Waals surface area (Å²) >= 11 is 0. The van der Waals surface area contributed by atoms with Crippen molar-refractivity contribution in [3.8, 4) is 0 Å². The largest absolute Gasteiger partial charge is 0.376 e. The van der Waals surface area contributed by atoms with E-state index >= 15 is 0 Å². The summed E-state index contributed by atoms with van der Waals surface area (Å²) in [5.74, 6) is -2.47. The van der Waals surface area contributed by atoms with Gasteiger partial charge in [-0.25, -0.2) is 9.78 Å². The maximum atomic E-state index is 10.5. The third kappa shape index (κ3) is 1.75. The van der Waals surface area contributed by atoms with E-state index in [1.54, 1.807) is 4.58 Å². The Kier molecular flexibility index (Phi) is 3.29. The molecule has 0 aliphatic carbocycles. The van der Waals surface area contributed by atoms with E-state index in [4.69, 9.17) is 5.73 Å². The summed E-state index contributed by atoms with van der Waals surface area (Å²) < 4.78 is 1.55. The van der Waals surface area contributed by atoms with E-state index in [0.29, 0.717) is 12.1 Å². The fourth-order valence-electron chi connectivity index (χ4n) is 3.91. The summed E-state index contributed by atoms with van der Waals surface area (Å²) in [5, 5.41) is 35.2. The van der Waals surface area contributed by atoms with Gasteiger partial charge in [0.2, 0.25) is 11.4 Å². The van der Waals surface area contributed by atoms with Crippen LogP contribution < -0.4 is 16.5 Å². The Labute approximate surface area is 126 Å². The van der Waals surface area contributed by atoms with Gasteiger partial charge in [0.05, 0.1) is 19.0 Å². The Morgan fingerprint density at radius 1 is 1.64 bits per heavy atom. The highest BCUT2D eigenvalue weighted by Crippen LogP contribution is 2.48. The molecule has 0 saturated carbocycles. The number of nitrogens with zero attached hydrogens (tertiary/aromatic N) is 2. The van der Waals surface area contributed by atoms with Crippen molar-refractivity contribution in [1.82, 2.24) is 15.9 Å². The van der Waals surface area contributed by atoms with Gasteiger partial charge in [-0.3, -0.25) is 10.5 Å². The van der Waals surface area contributed by atoms with E-state index in [-0.39, 0.29) is 31.9 Å². The molecule has 2 fully saturated rings. The van der Waals surface area contributed by atoms with Crippen LogP contribution in [-0.2, 0) is 9.63 Å². The Balaban J connectivity index is 2.04. The number of aliphatic hydroxyl groups is 2. The second kappa shape index (κ2) is 4.81. The standard InChI is InChI=1S/C12H19N5O5/c1-7-4-8-9(5-14-22-6-18)17(21)10(13)16-3-2-11(19,20)12(8,16)15-7/h6,8-9,13-15,19-21H,1-5H2/p+1/t8-,9-,12-/m0/s1. The predicted octanol–water partition coefficient (Wildman–Crippen LogP) is -3.03. The molecule has 3 heterocycles. The molecule has 10 nitrogen and oxygen atoms in total. The minimum absolute atomic E-state index is 0.00123. The number of carbonyl (C=O) groups excluding carboxylic acids is 1. The molecule has 22 heavy (non-hydrogen) atoms. The monoisotopic (exact) mass is 314 g/mol. The number of hydrogen-bond donors (Lipinski definition) is 6. The number of allylic oxidation sites excluding steroid dienone is 1. The Hall–Kier alpha value is -1.88. The molecule has 2 saturated heterocycles. The number of nitrogens with one attached hydrogen (secondary N) is 2. The molecule has 0 amide bonds. The average Bonchev–Trinajstić information content (AvgIpc) is 2.93. The molecule has 0 aromatic heterocycles. The van der Waals surface area contributed by atoms with Crippen LogP contribution in [-0.4, -0.2) is 68.1 Å². The van der Waals surface area contributed by atoms with Crippen LogP contribution in [0.4, 0.5) is 0 Å². The highest BCUT2D eigenvalue weighted by Gasteiger charge is 2.72. The summed E-state index contributed by atoms with van der Waals surface area (Å²) in [4.78, 5) is 14.7. The van der Waals surface area contributed by atoms with Gasteiger partial charge in [0.1, 0.15) is 6.04 Å². The normalized spacial score (nSPS) is 36.0. The third-order valence-electron chi connectivity index (χ3n) is 4.80.